The first-order valence-corrected chi connectivity index (χ1v) is 7.75. The second kappa shape index (κ2) is 6.86. The molecule has 1 atom stereocenters. The minimum atomic E-state index is 0.00312. The number of aromatic amines is 1. The smallest absolute Gasteiger partial charge is 0.137 e. The Hall–Kier alpha value is -2.30. The van der Waals surface area contributed by atoms with Crippen molar-refractivity contribution in [3.8, 4) is 17.0 Å². The molecule has 0 saturated heterocycles. The minimum Gasteiger partial charge on any atom is -0.495 e. The maximum atomic E-state index is 6.23. The van der Waals surface area contributed by atoms with Gasteiger partial charge < -0.3 is 10.5 Å². The molecule has 2 aromatic carbocycles. The first-order chi connectivity index (χ1) is 11.2. The van der Waals surface area contributed by atoms with Gasteiger partial charge in [-0.3, -0.25) is 5.10 Å². The number of halogens is 1. The van der Waals surface area contributed by atoms with Crippen LogP contribution in [0.2, 0.25) is 5.02 Å². The molecule has 3 N–H and O–H groups in total. The molecule has 0 radical (unpaired) electrons. The fraction of sp³-hybridized carbons (Fsp3) is 0.167. The molecule has 0 aliphatic rings. The number of nitrogens with one attached hydrogen (secondary N) is 1. The van der Waals surface area contributed by atoms with Crippen LogP contribution in [-0.2, 0) is 0 Å². The molecule has 1 aromatic heterocycles. The molecule has 3 rings (SSSR count). The SMILES string of the molecule is COc1ccc(C(CN)c2cc(-c3ccccc3)n[nH]2)cc1Cl. The Bertz CT molecular complexity index is 786. The fourth-order valence-electron chi connectivity index (χ4n) is 2.61. The standard InChI is InChI=1S/C18H18ClN3O/c1-23-18-8-7-13(9-15(18)19)14(11-20)17-10-16(21-22-17)12-5-3-2-4-6-12/h2-10,14H,11,20H2,1H3,(H,21,22). The number of rotatable bonds is 5. The Morgan fingerprint density at radius 3 is 2.61 bits per heavy atom. The molecule has 0 fully saturated rings. The summed E-state index contributed by atoms with van der Waals surface area (Å²) in [5.74, 6) is 0.657. The highest BCUT2D eigenvalue weighted by Crippen LogP contribution is 2.31. The number of hydrogen-bond donors (Lipinski definition) is 2. The van der Waals surface area contributed by atoms with E-state index in [1.165, 1.54) is 0 Å². The summed E-state index contributed by atoms with van der Waals surface area (Å²) in [4.78, 5) is 0. The lowest BCUT2D eigenvalue weighted by molar-refractivity contribution is 0.415. The van der Waals surface area contributed by atoms with Gasteiger partial charge in [-0.25, -0.2) is 0 Å². The molecule has 0 bridgehead atoms. The summed E-state index contributed by atoms with van der Waals surface area (Å²) in [6, 6.07) is 17.8. The van der Waals surface area contributed by atoms with Crippen molar-refractivity contribution in [2.24, 2.45) is 5.73 Å². The summed E-state index contributed by atoms with van der Waals surface area (Å²) in [5.41, 5.74) is 9.95. The van der Waals surface area contributed by atoms with Gasteiger partial charge in [0.25, 0.3) is 0 Å². The summed E-state index contributed by atoms with van der Waals surface area (Å²) in [7, 11) is 1.60. The van der Waals surface area contributed by atoms with Crippen molar-refractivity contribution in [2.75, 3.05) is 13.7 Å². The van der Waals surface area contributed by atoms with Gasteiger partial charge in [-0.1, -0.05) is 48.0 Å². The summed E-state index contributed by atoms with van der Waals surface area (Å²) in [6.45, 7) is 0.457. The molecule has 0 aliphatic carbocycles. The highest BCUT2D eigenvalue weighted by atomic mass is 35.5. The van der Waals surface area contributed by atoms with Crippen LogP contribution in [0, 0.1) is 0 Å². The fourth-order valence-corrected chi connectivity index (χ4v) is 2.88. The predicted molar refractivity (Wildman–Crippen MR) is 92.9 cm³/mol. The maximum absolute atomic E-state index is 6.23. The number of nitrogens with two attached hydrogens (primary N) is 1. The van der Waals surface area contributed by atoms with E-state index in [4.69, 9.17) is 22.1 Å². The van der Waals surface area contributed by atoms with Crippen molar-refractivity contribution < 1.29 is 4.74 Å². The second-order valence-corrected chi connectivity index (χ2v) is 5.66. The van der Waals surface area contributed by atoms with E-state index in [0.717, 1.165) is 22.5 Å². The van der Waals surface area contributed by atoms with Crippen LogP contribution in [0.15, 0.2) is 54.6 Å². The lowest BCUT2D eigenvalue weighted by Gasteiger charge is -2.14. The van der Waals surface area contributed by atoms with Gasteiger partial charge in [0, 0.05) is 23.7 Å². The molecular weight excluding hydrogens is 310 g/mol. The number of methoxy groups -OCH3 is 1. The summed E-state index contributed by atoms with van der Waals surface area (Å²) >= 11 is 6.23. The van der Waals surface area contributed by atoms with E-state index >= 15 is 0 Å². The van der Waals surface area contributed by atoms with Crippen LogP contribution in [0.25, 0.3) is 11.3 Å². The molecule has 0 saturated carbocycles. The van der Waals surface area contributed by atoms with Crippen LogP contribution in [0.4, 0.5) is 0 Å². The Balaban J connectivity index is 1.93. The Morgan fingerprint density at radius 1 is 1.17 bits per heavy atom. The number of H-pyrrole nitrogens is 1. The number of benzene rings is 2. The molecule has 5 heteroatoms. The summed E-state index contributed by atoms with van der Waals surface area (Å²) in [6.07, 6.45) is 0. The molecule has 3 aromatic rings. The van der Waals surface area contributed by atoms with Crippen molar-refractivity contribution in [1.82, 2.24) is 10.2 Å². The van der Waals surface area contributed by atoms with Gasteiger partial charge in [0.05, 0.1) is 17.8 Å². The number of nitrogens with zero attached hydrogens (tertiary/aromatic N) is 1. The maximum Gasteiger partial charge on any atom is 0.137 e. The summed E-state index contributed by atoms with van der Waals surface area (Å²) < 4.78 is 5.20. The zero-order valence-corrected chi connectivity index (χ0v) is 13.5. The Morgan fingerprint density at radius 2 is 1.96 bits per heavy atom. The van der Waals surface area contributed by atoms with Gasteiger partial charge in [0.1, 0.15) is 5.75 Å². The highest BCUT2D eigenvalue weighted by Gasteiger charge is 2.17. The van der Waals surface area contributed by atoms with Crippen LogP contribution in [0.1, 0.15) is 17.2 Å². The van der Waals surface area contributed by atoms with Crippen LogP contribution in [0.3, 0.4) is 0 Å². The zero-order chi connectivity index (χ0) is 16.2. The van der Waals surface area contributed by atoms with E-state index in [1.54, 1.807) is 7.11 Å². The molecule has 118 valence electrons. The second-order valence-electron chi connectivity index (χ2n) is 5.26. The molecule has 1 heterocycles. The lowest BCUT2D eigenvalue weighted by Crippen LogP contribution is -2.14. The van der Waals surface area contributed by atoms with E-state index in [9.17, 15) is 0 Å². The molecule has 0 amide bonds. The topological polar surface area (TPSA) is 63.9 Å². The lowest BCUT2D eigenvalue weighted by atomic mass is 9.95. The molecule has 4 nitrogen and oxygen atoms in total. The normalized spacial score (nSPS) is 12.1. The molecule has 23 heavy (non-hydrogen) atoms. The number of ether oxygens (including phenoxy) is 1. The van der Waals surface area contributed by atoms with Crippen LogP contribution < -0.4 is 10.5 Å². The largest absolute Gasteiger partial charge is 0.495 e. The van der Waals surface area contributed by atoms with Gasteiger partial charge in [-0.05, 0) is 23.8 Å². The Kier molecular flexibility index (Phi) is 4.65. The quantitative estimate of drug-likeness (QED) is 0.748. The van der Waals surface area contributed by atoms with E-state index < -0.39 is 0 Å². The Labute approximate surface area is 140 Å². The average Bonchev–Trinajstić information content (AvgIpc) is 3.06. The summed E-state index contributed by atoms with van der Waals surface area (Å²) in [5, 5.41) is 8.07. The average molecular weight is 328 g/mol. The minimum absolute atomic E-state index is 0.00312. The van der Waals surface area contributed by atoms with E-state index in [1.807, 2.05) is 54.6 Å². The highest BCUT2D eigenvalue weighted by molar-refractivity contribution is 6.32. The van der Waals surface area contributed by atoms with Crippen molar-refractivity contribution in [1.29, 1.82) is 0 Å². The molecular formula is C18H18ClN3O. The van der Waals surface area contributed by atoms with Gasteiger partial charge in [0.2, 0.25) is 0 Å². The number of aromatic nitrogens is 2. The van der Waals surface area contributed by atoms with Crippen LogP contribution >= 0.6 is 11.6 Å². The third-order valence-corrected chi connectivity index (χ3v) is 4.15. The zero-order valence-electron chi connectivity index (χ0n) is 12.8. The number of hydrogen-bond acceptors (Lipinski definition) is 3. The molecule has 1 unspecified atom stereocenters. The van der Waals surface area contributed by atoms with E-state index in [-0.39, 0.29) is 5.92 Å². The third kappa shape index (κ3) is 3.23. The van der Waals surface area contributed by atoms with E-state index in [2.05, 4.69) is 10.2 Å². The third-order valence-electron chi connectivity index (χ3n) is 3.86. The van der Waals surface area contributed by atoms with Gasteiger partial charge in [-0.2, -0.15) is 5.10 Å². The van der Waals surface area contributed by atoms with Crippen molar-refractivity contribution >= 4 is 11.6 Å². The van der Waals surface area contributed by atoms with Crippen LogP contribution in [0.5, 0.6) is 5.75 Å². The van der Waals surface area contributed by atoms with Gasteiger partial charge >= 0.3 is 0 Å². The van der Waals surface area contributed by atoms with Gasteiger partial charge in [0.15, 0.2) is 0 Å². The monoisotopic (exact) mass is 327 g/mol. The van der Waals surface area contributed by atoms with Crippen LogP contribution in [-0.4, -0.2) is 23.9 Å². The van der Waals surface area contributed by atoms with Crippen molar-refractivity contribution in [3.05, 3.63) is 70.9 Å². The first-order valence-electron chi connectivity index (χ1n) is 7.37. The van der Waals surface area contributed by atoms with Gasteiger partial charge in [-0.15, -0.1) is 0 Å². The van der Waals surface area contributed by atoms with Crippen molar-refractivity contribution in [2.45, 2.75) is 5.92 Å². The van der Waals surface area contributed by atoms with Crippen molar-refractivity contribution in [3.63, 3.8) is 0 Å². The molecule has 0 aliphatic heterocycles. The molecule has 0 spiro atoms. The van der Waals surface area contributed by atoms with E-state index in [0.29, 0.717) is 17.3 Å². The first kappa shape index (κ1) is 15.6. The predicted octanol–water partition coefficient (Wildman–Crippen LogP) is 3.83.